The molecule has 0 aliphatic carbocycles. The van der Waals surface area contributed by atoms with Crippen molar-refractivity contribution < 1.29 is 10.2 Å². The predicted octanol–water partition coefficient (Wildman–Crippen LogP) is 3.48. The molecular formula is C17H17Cl2N3O2. The number of rotatable bonds is 6. The van der Waals surface area contributed by atoms with Crippen molar-refractivity contribution in [3.63, 3.8) is 0 Å². The Morgan fingerprint density at radius 1 is 1.17 bits per heavy atom. The number of anilines is 1. The van der Waals surface area contributed by atoms with E-state index in [1.807, 2.05) is 28.8 Å². The maximum Gasteiger partial charge on any atom is 0.204 e. The number of aromatic nitrogens is 2. The van der Waals surface area contributed by atoms with Gasteiger partial charge in [0, 0.05) is 22.2 Å². The highest BCUT2D eigenvalue weighted by Gasteiger charge is 2.17. The first-order valence-electron chi connectivity index (χ1n) is 7.53. The predicted molar refractivity (Wildman–Crippen MR) is 96.7 cm³/mol. The van der Waals surface area contributed by atoms with Gasteiger partial charge in [-0.05, 0) is 30.3 Å². The van der Waals surface area contributed by atoms with E-state index in [1.165, 1.54) is 0 Å². The molecule has 0 aliphatic heterocycles. The highest BCUT2D eigenvalue weighted by Crippen LogP contribution is 2.29. The van der Waals surface area contributed by atoms with E-state index < -0.39 is 6.10 Å². The summed E-state index contributed by atoms with van der Waals surface area (Å²) in [5, 5.41) is 23.7. The van der Waals surface area contributed by atoms with Gasteiger partial charge < -0.3 is 20.1 Å². The molecular weight excluding hydrogens is 349 g/mol. The Hall–Kier alpha value is -1.79. The maximum absolute atomic E-state index is 10.6. The Balaban J connectivity index is 1.97. The lowest BCUT2D eigenvalue weighted by Crippen LogP contribution is -2.15. The zero-order valence-electron chi connectivity index (χ0n) is 12.8. The van der Waals surface area contributed by atoms with Gasteiger partial charge in [0.15, 0.2) is 0 Å². The Bertz CT molecular complexity index is 851. The molecule has 1 aromatic heterocycles. The lowest BCUT2D eigenvalue weighted by atomic mass is 10.1. The standard InChI is InChI=1S/C17H17Cl2N3O2/c18-11-5-6-13(19)12(9-11)16(24)10-22-15-4-2-1-3-14(15)21-17(22)20-7-8-23/h1-6,9,16,23-24H,7-8,10H2,(H,20,21)/t16-/m1/s1. The SMILES string of the molecule is OCCNc1nc2ccccc2n1C[C@@H](O)c1cc(Cl)ccc1Cl. The smallest absolute Gasteiger partial charge is 0.204 e. The molecule has 0 aliphatic rings. The molecule has 0 radical (unpaired) electrons. The fourth-order valence-electron chi connectivity index (χ4n) is 2.60. The van der Waals surface area contributed by atoms with Gasteiger partial charge >= 0.3 is 0 Å². The molecule has 0 unspecified atom stereocenters. The molecule has 7 heteroatoms. The van der Waals surface area contributed by atoms with Crippen molar-refractivity contribution in [2.45, 2.75) is 12.6 Å². The summed E-state index contributed by atoms with van der Waals surface area (Å²) in [4.78, 5) is 4.51. The minimum atomic E-state index is -0.844. The number of imidazole rings is 1. The van der Waals surface area contributed by atoms with Gasteiger partial charge in [0.25, 0.3) is 0 Å². The molecule has 0 saturated heterocycles. The van der Waals surface area contributed by atoms with E-state index in [9.17, 15) is 5.11 Å². The molecule has 3 rings (SSSR count). The number of nitrogens with one attached hydrogen (secondary N) is 1. The molecule has 24 heavy (non-hydrogen) atoms. The zero-order valence-corrected chi connectivity index (χ0v) is 14.3. The van der Waals surface area contributed by atoms with Gasteiger partial charge in [-0.2, -0.15) is 0 Å². The molecule has 0 fully saturated rings. The van der Waals surface area contributed by atoms with E-state index in [0.29, 0.717) is 28.1 Å². The molecule has 3 N–H and O–H groups in total. The first-order valence-corrected chi connectivity index (χ1v) is 8.28. The zero-order chi connectivity index (χ0) is 17.1. The monoisotopic (exact) mass is 365 g/mol. The van der Waals surface area contributed by atoms with Crippen molar-refractivity contribution in [2.24, 2.45) is 0 Å². The van der Waals surface area contributed by atoms with E-state index >= 15 is 0 Å². The normalized spacial score (nSPS) is 12.5. The number of halogens is 2. The largest absolute Gasteiger partial charge is 0.395 e. The van der Waals surface area contributed by atoms with Gasteiger partial charge in [-0.15, -0.1) is 0 Å². The van der Waals surface area contributed by atoms with Crippen LogP contribution in [0.2, 0.25) is 10.0 Å². The lowest BCUT2D eigenvalue weighted by Gasteiger charge is -2.17. The van der Waals surface area contributed by atoms with Gasteiger partial charge in [-0.25, -0.2) is 4.98 Å². The van der Waals surface area contributed by atoms with Crippen LogP contribution in [0.15, 0.2) is 42.5 Å². The number of aliphatic hydroxyl groups is 2. The van der Waals surface area contributed by atoms with Crippen LogP contribution in [0.25, 0.3) is 11.0 Å². The third-order valence-electron chi connectivity index (χ3n) is 3.72. The average Bonchev–Trinajstić information content (AvgIpc) is 2.93. The first-order chi connectivity index (χ1) is 11.6. The molecule has 0 bridgehead atoms. The van der Waals surface area contributed by atoms with Gasteiger partial charge in [-0.3, -0.25) is 0 Å². The molecule has 126 valence electrons. The van der Waals surface area contributed by atoms with Crippen LogP contribution in [0.3, 0.4) is 0 Å². The third-order valence-corrected chi connectivity index (χ3v) is 4.30. The Kier molecular flexibility index (Phi) is 5.26. The minimum Gasteiger partial charge on any atom is -0.395 e. The lowest BCUT2D eigenvalue weighted by molar-refractivity contribution is 0.158. The summed E-state index contributed by atoms with van der Waals surface area (Å²) in [6, 6.07) is 12.6. The highest BCUT2D eigenvalue weighted by molar-refractivity contribution is 6.33. The number of hydrogen-bond donors (Lipinski definition) is 3. The number of nitrogens with zero attached hydrogens (tertiary/aromatic N) is 2. The Labute approximate surface area is 149 Å². The van der Waals surface area contributed by atoms with Crippen molar-refractivity contribution in [1.29, 1.82) is 0 Å². The van der Waals surface area contributed by atoms with Crippen LogP contribution in [0.4, 0.5) is 5.95 Å². The van der Waals surface area contributed by atoms with Crippen molar-refractivity contribution in [1.82, 2.24) is 9.55 Å². The van der Waals surface area contributed by atoms with Crippen molar-refractivity contribution in [3.8, 4) is 0 Å². The Morgan fingerprint density at radius 2 is 1.96 bits per heavy atom. The molecule has 5 nitrogen and oxygen atoms in total. The fraction of sp³-hybridized carbons (Fsp3) is 0.235. The summed E-state index contributed by atoms with van der Waals surface area (Å²) in [5.41, 5.74) is 2.26. The summed E-state index contributed by atoms with van der Waals surface area (Å²) in [6.07, 6.45) is -0.844. The van der Waals surface area contributed by atoms with Gasteiger partial charge in [0.05, 0.1) is 30.3 Å². The summed E-state index contributed by atoms with van der Waals surface area (Å²) >= 11 is 12.2. The molecule has 1 atom stereocenters. The average molecular weight is 366 g/mol. The van der Waals surface area contributed by atoms with E-state index in [4.69, 9.17) is 28.3 Å². The maximum atomic E-state index is 10.6. The third kappa shape index (κ3) is 3.49. The number of hydrogen-bond acceptors (Lipinski definition) is 4. The second kappa shape index (κ2) is 7.40. The van der Waals surface area contributed by atoms with Crippen molar-refractivity contribution >= 4 is 40.2 Å². The number of fused-ring (bicyclic) bond motifs is 1. The van der Waals surface area contributed by atoms with Crippen LogP contribution < -0.4 is 5.32 Å². The minimum absolute atomic E-state index is 0.00806. The number of para-hydroxylation sites is 2. The second-order valence-corrected chi connectivity index (χ2v) is 6.21. The van der Waals surface area contributed by atoms with Gasteiger partial charge in [0.2, 0.25) is 5.95 Å². The van der Waals surface area contributed by atoms with Crippen LogP contribution in [0.1, 0.15) is 11.7 Å². The fourth-order valence-corrected chi connectivity index (χ4v) is 3.03. The molecule has 2 aromatic carbocycles. The van der Waals surface area contributed by atoms with Crippen molar-refractivity contribution in [3.05, 3.63) is 58.1 Å². The summed E-state index contributed by atoms with van der Waals surface area (Å²) < 4.78 is 1.87. The van der Waals surface area contributed by atoms with Gasteiger partial charge in [0.1, 0.15) is 0 Å². The topological polar surface area (TPSA) is 70.3 Å². The molecule has 0 amide bonds. The van der Waals surface area contributed by atoms with Crippen LogP contribution in [-0.4, -0.2) is 32.9 Å². The number of aliphatic hydroxyl groups excluding tert-OH is 2. The molecule has 0 spiro atoms. The highest BCUT2D eigenvalue weighted by atomic mass is 35.5. The molecule has 1 heterocycles. The quantitative estimate of drug-likeness (QED) is 0.625. The summed E-state index contributed by atoms with van der Waals surface area (Å²) in [5.74, 6) is 0.586. The van der Waals surface area contributed by atoms with Gasteiger partial charge in [-0.1, -0.05) is 35.3 Å². The van der Waals surface area contributed by atoms with Crippen LogP contribution >= 0.6 is 23.2 Å². The Morgan fingerprint density at radius 3 is 2.75 bits per heavy atom. The van der Waals surface area contributed by atoms with Crippen LogP contribution in [-0.2, 0) is 6.54 Å². The molecule has 3 aromatic rings. The van der Waals surface area contributed by atoms with E-state index in [0.717, 1.165) is 11.0 Å². The van der Waals surface area contributed by atoms with Crippen LogP contribution in [0.5, 0.6) is 0 Å². The summed E-state index contributed by atoms with van der Waals surface area (Å²) in [6.45, 7) is 0.623. The summed E-state index contributed by atoms with van der Waals surface area (Å²) in [7, 11) is 0. The van der Waals surface area contributed by atoms with E-state index in [1.54, 1.807) is 18.2 Å². The van der Waals surface area contributed by atoms with Crippen molar-refractivity contribution in [2.75, 3.05) is 18.5 Å². The van der Waals surface area contributed by atoms with E-state index in [-0.39, 0.29) is 13.2 Å². The second-order valence-electron chi connectivity index (χ2n) is 5.37. The number of benzene rings is 2. The first kappa shape index (κ1) is 17.0. The van der Waals surface area contributed by atoms with Crippen LogP contribution in [0, 0.1) is 0 Å². The molecule has 0 saturated carbocycles. The van der Waals surface area contributed by atoms with E-state index in [2.05, 4.69) is 10.3 Å².